The first-order valence-electron chi connectivity index (χ1n) is 10.5. The molecule has 1 unspecified atom stereocenters. The van der Waals surface area contributed by atoms with Crippen molar-refractivity contribution in [1.29, 1.82) is 5.26 Å². The second kappa shape index (κ2) is 9.75. The first kappa shape index (κ1) is 21.7. The van der Waals surface area contributed by atoms with Crippen molar-refractivity contribution in [2.45, 2.75) is 25.8 Å². The molecule has 0 bridgehead atoms. The third-order valence-corrected chi connectivity index (χ3v) is 5.75. The standard InChI is InChI=1S/C22H23ClN8O/c1-2-19(31-27-20(26-28-31)16-6-8-18(23)9-7-16)22(32)30-12-4-11-29(13-14-30)21-17(15-24)5-3-10-25-21/h3,5-10,19H,2,4,11-14H2,1H3. The van der Waals surface area contributed by atoms with Crippen LogP contribution in [-0.4, -0.2) is 62.2 Å². The third kappa shape index (κ3) is 4.55. The normalized spacial score (nSPS) is 15.2. The van der Waals surface area contributed by atoms with Crippen molar-refractivity contribution >= 4 is 23.3 Å². The summed E-state index contributed by atoms with van der Waals surface area (Å²) >= 11 is 5.95. The maximum Gasteiger partial charge on any atom is 0.249 e. The number of nitrogens with zero attached hydrogens (tertiary/aromatic N) is 8. The molecular weight excluding hydrogens is 428 g/mol. The highest BCUT2D eigenvalue weighted by molar-refractivity contribution is 6.30. The van der Waals surface area contributed by atoms with E-state index < -0.39 is 6.04 Å². The van der Waals surface area contributed by atoms with E-state index in [9.17, 15) is 10.1 Å². The van der Waals surface area contributed by atoms with Crippen molar-refractivity contribution in [3.63, 3.8) is 0 Å². The van der Waals surface area contributed by atoms with Crippen LogP contribution in [0.2, 0.25) is 5.02 Å². The lowest BCUT2D eigenvalue weighted by Gasteiger charge is -2.25. The summed E-state index contributed by atoms with van der Waals surface area (Å²) in [4.78, 5) is 23.0. The molecule has 0 N–H and O–H groups in total. The number of benzene rings is 1. The number of anilines is 1. The van der Waals surface area contributed by atoms with E-state index >= 15 is 0 Å². The van der Waals surface area contributed by atoms with E-state index in [2.05, 4.69) is 31.4 Å². The van der Waals surface area contributed by atoms with Crippen molar-refractivity contribution in [2.75, 3.05) is 31.1 Å². The molecule has 1 fully saturated rings. The highest BCUT2D eigenvalue weighted by Gasteiger charge is 2.29. The lowest BCUT2D eigenvalue weighted by Crippen LogP contribution is -2.40. The zero-order valence-electron chi connectivity index (χ0n) is 17.7. The quantitative estimate of drug-likeness (QED) is 0.588. The Morgan fingerprint density at radius 1 is 1.19 bits per heavy atom. The molecule has 3 aromatic rings. The zero-order chi connectivity index (χ0) is 22.5. The summed E-state index contributed by atoms with van der Waals surface area (Å²) < 4.78 is 0. The average Bonchev–Trinajstić information content (AvgIpc) is 3.17. The number of aromatic nitrogens is 5. The number of hydrogen-bond acceptors (Lipinski definition) is 7. The number of pyridine rings is 1. The van der Waals surface area contributed by atoms with Gasteiger partial charge in [-0.2, -0.15) is 10.1 Å². The summed E-state index contributed by atoms with van der Waals surface area (Å²) in [6.07, 6.45) is 3.02. The highest BCUT2D eigenvalue weighted by atomic mass is 35.5. The number of halogens is 1. The number of rotatable bonds is 5. The van der Waals surface area contributed by atoms with Crippen LogP contribution >= 0.6 is 11.6 Å². The van der Waals surface area contributed by atoms with Crippen LogP contribution in [0.3, 0.4) is 0 Å². The summed E-state index contributed by atoms with van der Waals surface area (Å²) in [5, 5.41) is 22.7. The Bertz CT molecular complexity index is 1120. The molecule has 2 aromatic heterocycles. The summed E-state index contributed by atoms with van der Waals surface area (Å²) in [5.41, 5.74) is 1.33. The van der Waals surface area contributed by atoms with E-state index in [4.69, 9.17) is 11.6 Å². The molecule has 1 aliphatic rings. The number of amides is 1. The zero-order valence-corrected chi connectivity index (χ0v) is 18.5. The Morgan fingerprint density at radius 2 is 2.00 bits per heavy atom. The molecule has 32 heavy (non-hydrogen) atoms. The molecule has 1 aliphatic heterocycles. The van der Waals surface area contributed by atoms with Gasteiger partial charge in [0, 0.05) is 43.0 Å². The van der Waals surface area contributed by atoms with E-state index in [0.717, 1.165) is 18.5 Å². The molecule has 10 heteroatoms. The van der Waals surface area contributed by atoms with Gasteiger partial charge in [-0.3, -0.25) is 4.79 Å². The van der Waals surface area contributed by atoms with Crippen molar-refractivity contribution in [3.8, 4) is 17.5 Å². The van der Waals surface area contributed by atoms with E-state index in [1.54, 1.807) is 30.5 Å². The monoisotopic (exact) mass is 450 g/mol. The van der Waals surface area contributed by atoms with E-state index in [0.29, 0.717) is 48.3 Å². The molecular formula is C22H23ClN8O. The Hall–Kier alpha value is -3.51. The molecule has 4 rings (SSSR count). The summed E-state index contributed by atoms with van der Waals surface area (Å²) in [7, 11) is 0. The Morgan fingerprint density at radius 3 is 2.75 bits per heavy atom. The predicted molar refractivity (Wildman–Crippen MR) is 120 cm³/mol. The van der Waals surface area contributed by atoms with Crippen LogP contribution in [0, 0.1) is 11.3 Å². The second-order valence-corrected chi connectivity index (χ2v) is 7.95. The lowest BCUT2D eigenvalue weighted by atomic mass is 10.2. The van der Waals surface area contributed by atoms with Gasteiger partial charge in [0.05, 0.1) is 5.56 Å². The Labute approximate surface area is 191 Å². The Balaban J connectivity index is 1.47. The van der Waals surface area contributed by atoms with E-state index in [-0.39, 0.29) is 5.91 Å². The summed E-state index contributed by atoms with van der Waals surface area (Å²) in [6, 6.07) is 12.4. The van der Waals surface area contributed by atoms with Gasteiger partial charge in [-0.15, -0.1) is 10.2 Å². The molecule has 0 radical (unpaired) electrons. The number of nitriles is 1. The van der Waals surface area contributed by atoms with Gasteiger partial charge in [0.25, 0.3) is 0 Å². The summed E-state index contributed by atoms with van der Waals surface area (Å²) in [6.45, 7) is 4.43. The third-order valence-electron chi connectivity index (χ3n) is 5.50. The van der Waals surface area contributed by atoms with Crippen LogP contribution in [0.15, 0.2) is 42.6 Å². The van der Waals surface area contributed by atoms with Gasteiger partial charge >= 0.3 is 0 Å². The first-order chi connectivity index (χ1) is 15.6. The highest BCUT2D eigenvalue weighted by Crippen LogP contribution is 2.22. The second-order valence-electron chi connectivity index (χ2n) is 7.52. The van der Waals surface area contributed by atoms with Crippen LogP contribution < -0.4 is 4.90 Å². The number of hydrogen-bond donors (Lipinski definition) is 0. The van der Waals surface area contributed by atoms with Gasteiger partial charge in [-0.1, -0.05) is 18.5 Å². The van der Waals surface area contributed by atoms with Crippen LogP contribution in [0.5, 0.6) is 0 Å². The van der Waals surface area contributed by atoms with Gasteiger partial charge < -0.3 is 9.80 Å². The molecule has 0 saturated carbocycles. The minimum atomic E-state index is -0.528. The van der Waals surface area contributed by atoms with E-state index in [1.165, 1.54) is 4.80 Å². The van der Waals surface area contributed by atoms with Crippen molar-refractivity contribution in [2.24, 2.45) is 0 Å². The molecule has 1 atom stereocenters. The van der Waals surface area contributed by atoms with E-state index in [1.807, 2.05) is 24.0 Å². The largest absolute Gasteiger partial charge is 0.354 e. The molecule has 9 nitrogen and oxygen atoms in total. The summed E-state index contributed by atoms with van der Waals surface area (Å²) in [5.74, 6) is 1.09. The fourth-order valence-corrected chi connectivity index (χ4v) is 3.93. The number of tetrazole rings is 1. The van der Waals surface area contributed by atoms with Gasteiger partial charge in [-0.25, -0.2) is 4.98 Å². The lowest BCUT2D eigenvalue weighted by molar-refractivity contribution is -0.135. The van der Waals surface area contributed by atoms with Crippen molar-refractivity contribution in [1.82, 2.24) is 30.1 Å². The van der Waals surface area contributed by atoms with Crippen LogP contribution in [-0.2, 0) is 4.79 Å². The smallest absolute Gasteiger partial charge is 0.249 e. The maximum absolute atomic E-state index is 13.3. The minimum absolute atomic E-state index is 0.0315. The van der Waals surface area contributed by atoms with Crippen molar-refractivity contribution in [3.05, 3.63) is 53.2 Å². The SMILES string of the molecule is CCC(C(=O)N1CCCN(c2ncccc2C#N)CC1)n1nnc(-c2ccc(Cl)cc2)n1. The van der Waals surface area contributed by atoms with Gasteiger partial charge in [-0.05, 0) is 54.5 Å². The van der Waals surface area contributed by atoms with Gasteiger partial charge in [0.2, 0.25) is 11.7 Å². The molecule has 1 amide bonds. The topological polar surface area (TPSA) is 104 Å². The molecule has 0 spiro atoms. The predicted octanol–water partition coefficient (Wildman–Crippen LogP) is 2.95. The van der Waals surface area contributed by atoms with Crippen LogP contribution in [0.4, 0.5) is 5.82 Å². The van der Waals surface area contributed by atoms with Gasteiger partial charge in [0.1, 0.15) is 11.9 Å². The molecule has 3 heterocycles. The first-order valence-corrected chi connectivity index (χ1v) is 10.9. The Kier molecular flexibility index (Phi) is 6.61. The fourth-order valence-electron chi connectivity index (χ4n) is 3.81. The molecule has 164 valence electrons. The van der Waals surface area contributed by atoms with Crippen LogP contribution in [0.1, 0.15) is 31.4 Å². The average molecular weight is 451 g/mol. The number of carbonyl (C=O) groups excluding carboxylic acids is 1. The van der Waals surface area contributed by atoms with Crippen molar-refractivity contribution < 1.29 is 4.79 Å². The fraction of sp³-hybridized carbons (Fsp3) is 0.364. The number of carbonyl (C=O) groups is 1. The molecule has 0 aliphatic carbocycles. The maximum atomic E-state index is 13.3. The van der Waals surface area contributed by atoms with Gasteiger partial charge in [0.15, 0.2) is 6.04 Å². The molecule has 1 saturated heterocycles. The molecule has 1 aromatic carbocycles. The minimum Gasteiger partial charge on any atom is -0.354 e. The van der Waals surface area contributed by atoms with Crippen LogP contribution in [0.25, 0.3) is 11.4 Å².